The summed E-state index contributed by atoms with van der Waals surface area (Å²) < 4.78 is 16.6. The summed E-state index contributed by atoms with van der Waals surface area (Å²) in [5.74, 6) is 0. The normalized spacial score (nSPS) is 1.00. The summed E-state index contributed by atoms with van der Waals surface area (Å²) in [4.78, 5) is 0. The Morgan fingerprint density at radius 3 is 0.833 bits per heavy atom. The van der Waals surface area contributed by atoms with Gasteiger partial charge in [0, 0.05) is 19.5 Å². The second-order valence-electron chi connectivity index (χ2n) is 0. The second-order valence-corrected chi connectivity index (χ2v) is 0. The van der Waals surface area contributed by atoms with Gasteiger partial charge in [-0.05, 0) is 0 Å². The third-order valence-electron chi connectivity index (χ3n) is 0. The Labute approximate surface area is 82.4 Å². The third kappa shape index (κ3) is 36.2. The van der Waals surface area contributed by atoms with Gasteiger partial charge in [0.05, 0.1) is 0 Å². The van der Waals surface area contributed by atoms with Crippen LogP contribution in [0.2, 0.25) is 0 Å². The molecule has 0 aliphatic carbocycles. The molecule has 0 saturated heterocycles. The summed E-state index contributed by atoms with van der Waals surface area (Å²) in [5, 5.41) is 0. The van der Waals surface area contributed by atoms with Crippen LogP contribution in [0.3, 0.4) is 0 Å². The van der Waals surface area contributed by atoms with Crippen molar-refractivity contribution in [2.24, 2.45) is 0 Å². The Morgan fingerprint density at radius 1 is 0.833 bits per heavy atom. The van der Waals surface area contributed by atoms with Gasteiger partial charge < -0.3 is 0 Å². The van der Waals surface area contributed by atoms with E-state index >= 15 is 0 Å². The van der Waals surface area contributed by atoms with Crippen LogP contribution < -0.4 is 0 Å². The molecule has 0 aliphatic heterocycles. The van der Waals surface area contributed by atoms with Crippen molar-refractivity contribution in [3.05, 3.63) is 0 Å². The molecule has 2 radical (unpaired) electrons. The van der Waals surface area contributed by atoms with Crippen molar-refractivity contribution in [3.63, 3.8) is 0 Å². The third-order valence-corrected chi connectivity index (χ3v) is 0. The first kappa shape index (κ1) is 24.3. The zero-order chi connectivity index (χ0) is 4.00. The molecule has 0 fully saturated rings. The first-order valence-electron chi connectivity index (χ1n) is 0.577. The molecule has 0 bridgehead atoms. The maximum absolute atomic E-state index is 8.28. The van der Waals surface area contributed by atoms with Crippen LogP contribution in [-0.4, -0.2) is 56.4 Å². The molecule has 0 aromatic rings. The Kier molecular flexibility index (Phi) is 244. The Balaban J connectivity index is -0.00000000500. The zero-order valence-electron chi connectivity index (χ0n) is 3.64. The molecule has 2 nitrogen and oxygen atoms in total. The molecule has 6 heavy (non-hydrogen) atoms. The van der Waals surface area contributed by atoms with E-state index in [1.165, 1.54) is 0 Å². The number of rotatable bonds is 0. The van der Waals surface area contributed by atoms with Gasteiger partial charge in [0.25, 0.3) is 0 Å². The first-order valence-corrected chi connectivity index (χ1v) is 1.73. The van der Waals surface area contributed by atoms with Gasteiger partial charge in [-0.1, -0.05) is 0 Å². The fourth-order valence-electron chi connectivity index (χ4n) is 0. The molecule has 28 valence electrons. The average molecular weight is 274 g/mol. The maximum atomic E-state index is 8.28. The second kappa shape index (κ2) is 60.3. The molecule has 0 aliphatic rings. The van der Waals surface area contributed by atoms with E-state index in [0.717, 1.165) is 0 Å². The topological polar surface area (TPSA) is 34.1 Å². The van der Waals surface area contributed by atoms with Crippen LogP contribution in [0.1, 0.15) is 0 Å². The van der Waals surface area contributed by atoms with Crippen molar-refractivity contribution in [1.82, 2.24) is 0 Å². The quantitative estimate of drug-likeness (QED) is 0.459. The zero-order valence-corrected chi connectivity index (χ0v) is 13.5. The van der Waals surface area contributed by atoms with E-state index in [4.69, 9.17) is 7.61 Å². The number of hydrogen-bond acceptors (Lipinski definition) is 2. The van der Waals surface area contributed by atoms with Crippen LogP contribution in [0, 0.1) is 0 Å². The first-order chi connectivity index (χ1) is 2.00. The maximum Gasteiger partial charge on any atom is 0 e. The van der Waals surface area contributed by atoms with Gasteiger partial charge in [-0.2, -0.15) is 0 Å². The molecule has 0 N–H and O–H groups in total. The van der Waals surface area contributed by atoms with Crippen molar-refractivity contribution in [3.8, 4) is 0 Å². The average Bonchev–Trinajstić information content (AvgIpc) is 1.50. The minimum absolute atomic E-state index is 0. The van der Waals surface area contributed by atoms with Crippen LogP contribution in [-0.2, 0) is 27.1 Å². The van der Waals surface area contributed by atoms with Gasteiger partial charge >= 0.3 is 64.0 Å². The van der Waals surface area contributed by atoms with Crippen LogP contribution in [0.4, 0.5) is 0 Å². The van der Waals surface area contributed by atoms with Crippen LogP contribution >= 0.6 is 0 Å². The standard InChI is InChI=1S/2Al.2O.Sn.Zn.4H. The van der Waals surface area contributed by atoms with E-state index in [1.54, 1.807) is 0 Å². The molecule has 0 saturated carbocycles. The van der Waals surface area contributed by atoms with Crippen molar-refractivity contribution in [2.75, 3.05) is 0 Å². The van der Waals surface area contributed by atoms with Crippen molar-refractivity contribution >= 4 is 56.4 Å². The fraction of sp³-hybridized carbons (Fsp3) is 0. The molecule has 0 aromatic heterocycles. The molecule has 6 heteroatoms. The summed E-state index contributed by atoms with van der Waals surface area (Å²) >= 11 is 1.22. The van der Waals surface area contributed by atoms with Gasteiger partial charge in [0.1, 0.15) is 0 Å². The summed E-state index contributed by atoms with van der Waals surface area (Å²) in [6, 6.07) is 0. The van der Waals surface area contributed by atoms with E-state index in [9.17, 15) is 0 Å². The predicted molar refractivity (Wildman–Crippen MR) is 24.2 cm³/mol. The summed E-state index contributed by atoms with van der Waals surface area (Å²) in [7, 11) is 0. The van der Waals surface area contributed by atoms with E-state index in [0.29, 0.717) is 32.4 Å². The molecule has 0 spiro atoms. The van der Waals surface area contributed by atoms with Gasteiger partial charge in [0.2, 0.25) is 0 Å². The summed E-state index contributed by atoms with van der Waals surface area (Å²) in [5.41, 5.74) is 0. The monoisotopic (exact) mass is 274 g/mol. The van der Waals surface area contributed by atoms with Crippen LogP contribution in [0.15, 0.2) is 0 Å². The SMILES string of the molecule is [O]=[AlH].[O]=[AlH].[SnH2].[Zn]. The van der Waals surface area contributed by atoms with Gasteiger partial charge in [-0.3, -0.25) is 0 Å². The van der Waals surface area contributed by atoms with E-state index in [2.05, 4.69) is 0 Å². The smallest absolute Gasteiger partial charge is 0 e. The molecule has 0 heterocycles. The van der Waals surface area contributed by atoms with Crippen LogP contribution in [0.25, 0.3) is 0 Å². The van der Waals surface area contributed by atoms with Gasteiger partial charge in [0.15, 0.2) is 0 Å². The predicted octanol–water partition coefficient (Wildman–Crippen LogP) is -2.45. The minimum Gasteiger partial charge on any atom is 0 e. The fourth-order valence-corrected chi connectivity index (χ4v) is 0. The van der Waals surface area contributed by atoms with Crippen molar-refractivity contribution < 1.29 is 27.1 Å². The molecular formula is H4Al2O2SnZn. The summed E-state index contributed by atoms with van der Waals surface area (Å²) in [6.45, 7) is 0. The summed E-state index contributed by atoms with van der Waals surface area (Å²) in [6.07, 6.45) is 0. The number of hydrogen-bond donors (Lipinski definition) is 0. The Morgan fingerprint density at radius 2 is 0.833 bits per heavy atom. The molecule has 0 rings (SSSR count). The molecular weight excluding hydrogens is 270 g/mol. The largest absolute Gasteiger partial charge is 0 e. The van der Waals surface area contributed by atoms with Crippen molar-refractivity contribution in [2.45, 2.75) is 0 Å². The van der Waals surface area contributed by atoms with E-state index in [-0.39, 0.29) is 43.4 Å². The Bertz CT molecular complexity index is 13.5. The minimum atomic E-state index is 0. The molecule has 0 unspecified atom stereocenters. The van der Waals surface area contributed by atoms with Gasteiger partial charge in [-0.15, -0.1) is 0 Å². The molecule has 0 aromatic carbocycles. The molecule has 0 amide bonds. The molecule has 0 atom stereocenters. The van der Waals surface area contributed by atoms with E-state index in [1.807, 2.05) is 0 Å². The van der Waals surface area contributed by atoms with E-state index < -0.39 is 0 Å². The van der Waals surface area contributed by atoms with Crippen molar-refractivity contribution in [1.29, 1.82) is 0 Å². The van der Waals surface area contributed by atoms with Gasteiger partial charge in [-0.25, -0.2) is 0 Å². The van der Waals surface area contributed by atoms with Crippen LogP contribution in [0.5, 0.6) is 0 Å². The Hall–Kier alpha value is 2.09.